The van der Waals surface area contributed by atoms with Crippen LogP contribution >= 0.6 is 0 Å². The molecule has 2 aliphatic rings. The molecule has 0 aromatic heterocycles. The number of anilines is 2. The Bertz CT molecular complexity index is 710. The molecule has 6 nitrogen and oxygen atoms in total. The van der Waals surface area contributed by atoms with Gasteiger partial charge in [0.25, 0.3) is 5.91 Å². The summed E-state index contributed by atoms with van der Waals surface area (Å²) in [6.07, 6.45) is 10.9. The highest BCUT2D eigenvalue weighted by molar-refractivity contribution is 6.02. The number of nitrogens with one attached hydrogen (secondary N) is 2. The Kier molecular flexibility index (Phi) is 9.66. The first-order valence-corrected chi connectivity index (χ1v) is 12.2. The quantitative estimate of drug-likeness (QED) is 0.498. The van der Waals surface area contributed by atoms with E-state index >= 15 is 0 Å². The minimum absolute atomic E-state index is 0.0423. The molecule has 2 amide bonds. The molecule has 1 aromatic carbocycles. The molecule has 1 aliphatic carbocycles. The van der Waals surface area contributed by atoms with E-state index in [0.29, 0.717) is 43.3 Å². The van der Waals surface area contributed by atoms with Crippen molar-refractivity contribution in [3.8, 4) is 0 Å². The minimum Gasteiger partial charge on any atom is -0.382 e. The average Bonchev–Trinajstić information content (AvgIpc) is 3.32. The van der Waals surface area contributed by atoms with Crippen molar-refractivity contribution >= 4 is 23.2 Å². The molecule has 1 saturated heterocycles. The number of carbonyl (C=O) groups is 2. The molecule has 1 aliphatic heterocycles. The Balaban J connectivity index is 1.63. The summed E-state index contributed by atoms with van der Waals surface area (Å²) in [6, 6.07) is 5.77. The minimum atomic E-state index is -0.0841. The van der Waals surface area contributed by atoms with Gasteiger partial charge in [0.05, 0.1) is 5.56 Å². The van der Waals surface area contributed by atoms with Crippen molar-refractivity contribution in [2.75, 3.05) is 43.1 Å². The molecule has 1 heterocycles. The summed E-state index contributed by atoms with van der Waals surface area (Å²) in [5, 5.41) is 6.04. The highest BCUT2D eigenvalue weighted by Crippen LogP contribution is 2.30. The van der Waals surface area contributed by atoms with Crippen LogP contribution in [0.25, 0.3) is 0 Å². The molecule has 1 saturated carbocycles. The zero-order valence-electron chi connectivity index (χ0n) is 19.1. The van der Waals surface area contributed by atoms with Gasteiger partial charge in [-0.05, 0) is 63.1 Å². The lowest BCUT2D eigenvalue weighted by Gasteiger charge is -2.30. The molecule has 172 valence electrons. The molecule has 31 heavy (non-hydrogen) atoms. The third-order valence-corrected chi connectivity index (χ3v) is 6.43. The van der Waals surface area contributed by atoms with Gasteiger partial charge in [0, 0.05) is 50.6 Å². The van der Waals surface area contributed by atoms with Crippen molar-refractivity contribution in [3.05, 3.63) is 23.8 Å². The summed E-state index contributed by atoms with van der Waals surface area (Å²) in [7, 11) is 0. The van der Waals surface area contributed by atoms with E-state index in [4.69, 9.17) is 4.74 Å². The van der Waals surface area contributed by atoms with Crippen molar-refractivity contribution in [1.29, 1.82) is 0 Å². The lowest BCUT2D eigenvalue weighted by atomic mass is 10.0. The van der Waals surface area contributed by atoms with Crippen LogP contribution < -0.4 is 15.5 Å². The summed E-state index contributed by atoms with van der Waals surface area (Å²) in [5.74, 6) is 0.657. The van der Waals surface area contributed by atoms with Crippen LogP contribution in [0.5, 0.6) is 0 Å². The first-order valence-electron chi connectivity index (χ1n) is 12.2. The van der Waals surface area contributed by atoms with Crippen molar-refractivity contribution in [2.45, 2.75) is 71.1 Å². The molecule has 6 heteroatoms. The predicted octanol–water partition coefficient (Wildman–Crippen LogP) is 4.74. The highest BCUT2D eigenvalue weighted by atomic mass is 16.5. The van der Waals surface area contributed by atoms with E-state index in [2.05, 4.69) is 15.5 Å². The van der Waals surface area contributed by atoms with Gasteiger partial charge in [-0.15, -0.1) is 0 Å². The second-order valence-electron chi connectivity index (χ2n) is 8.82. The Labute approximate surface area is 187 Å². The van der Waals surface area contributed by atoms with E-state index in [9.17, 15) is 9.59 Å². The number of piperidine rings is 1. The molecular weight excluding hydrogens is 390 g/mol. The number of amides is 2. The number of hydrogen-bond acceptors (Lipinski definition) is 4. The number of carbonyl (C=O) groups excluding carboxylic acids is 2. The van der Waals surface area contributed by atoms with Gasteiger partial charge in [-0.3, -0.25) is 9.59 Å². The maximum atomic E-state index is 13.0. The van der Waals surface area contributed by atoms with Crippen LogP contribution in [0.4, 0.5) is 11.4 Å². The zero-order chi connectivity index (χ0) is 21.9. The fraction of sp³-hybridized carbons (Fsp3) is 0.680. The molecule has 3 rings (SSSR count). The molecule has 0 unspecified atom stereocenters. The van der Waals surface area contributed by atoms with Crippen LogP contribution in [0.2, 0.25) is 0 Å². The zero-order valence-corrected chi connectivity index (χ0v) is 19.1. The van der Waals surface area contributed by atoms with Gasteiger partial charge in [-0.2, -0.15) is 0 Å². The molecule has 2 fully saturated rings. The lowest BCUT2D eigenvalue weighted by molar-refractivity contribution is -0.116. The van der Waals surface area contributed by atoms with Gasteiger partial charge in [0.1, 0.15) is 0 Å². The number of rotatable bonds is 11. The number of nitrogens with zero attached hydrogens (tertiary/aromatic N) is 1. The van der Waals surface area contributed by atoms with E-state index in [1.165, 1.54) is 32.1 Å². The Morgan fingerprint density at radius 2 is 1.87 bits per heavy atom. The van der Waals surface area contributed by atoms with E-state index in [0.717, 1.165) is 44.5 Å². The van der Waals surface area contributed by atoms with E-state index < -0.39 is 0 Å². The number of ether oxygens (including phenoxy) is 1. The Hall–Kier alpha value is -2.08. The third kappa shape index (κ3) is 7.53. The van der Waals surface area contributed by atoms with Gasteiger partial charge in [0.2, 0.25) is 5.91 Å². The smallest absolute Gasteiger partial charge is 0.253 e. The van der Waals surface area contributed by atoms with Crippen molar-refractivity contribution in [2.24, 2.45) is 5.92 Å². The number of hydrogen-bond donors (Lipinski definition) is 2. The molecule has 0 spiro atoms. The van der Waals surface area contributed by atoms with Crippen LogP contribution in [0, 0.1) is 5.92 Å². The second-order valence-corrected chi connectivity index (χ2v) is 8.82. The summed E-state index contributed by atoms with van der Waals surface area (Å²) >= 11 is 0. The Morgan fingerprint density at radius 1 is 1.10 bits per heavy atom. The van der Waals surface area contributed by atoms with E-state index in [-0.39, 0.29) is 11.8 Å². The Morgan fingerprint density at radius 3 is 2.61 bits per heavy atom. The maximum absolute atomic E-state index is 13.0. The first kappa shape index (κ1) is 23.6. The summed E-state index contributed by atoms with van der Waals surface area (Å²) < 4.78 is 5.36. The molecule has 2 N–H and O–H groups in total. The normalized spacial score (nSPS) is 17.0. The molecular formula is C25H39N3O3. The molecule has 0 atom stereocenters. The topological polar surface area (TPSA) is 70.7 Å². The summed E-state index contributed by atoms with van der Waals surface area (Å²) in [5.41, 5.74) is 2.31. The lowest BCUT2D eigenvalue weighted by Crippen LogP contribution is -2.33. The van der Waals surface area contributed by atoms with Gasteiger partial charge in [-0.1, -0.05) is 25.7 Å². The van der Waals surface area contributed by atoms with Crippen molar-refractivity contribution in [3.63, 3.8) is 0 Å². The summed E-state index contributed by atoms with van der Waals surface area (Å²) in [6.45, 7) is 5.82. The second kappa shape index (κ2) is 12.7. The average molecular weight is 430 g/mol. The van der Waals surface area contributed by atoms with Gasteiger partial charge < -0.3 is 20.3 Å². The SMILES string of the molecule is CCOCCCNC(=O)c1cc(NC(=O)CCC2CCCC2)ccc1N1CCCCC1. The standard InChI is InChI=1S/C25H39N3O3/c1-2-31-18-8-15-26-25(30)22-19-21(12-13-23(22)28-16-6-3-7-17-28)27-24(29)14-11-20-9-4-5-10-20/h12-13,19-20H,2-11,14-18H2,1H3,(H,26,30)(H,27,29). The number of benzene rings is 1. The van der Waals surface area contributed by atoms with Crippen LogP contribution in [-0.2, 0) is 9.53 Å². The van der Waals surface area contributed by atoms with Gasteiger partial charge >= 0.3 is 0 Å². The fourth-order valence-corrected chi connectivity index (χ4v) is 4.68. The fourth-order valence-electron chi connectivity index (χ4n) is 4.68. The van der Waals surface area contributed by atoms with Crippen molar-refractivity contribution in [1.82, 2.24) is 5.32 Å². The van der Waals surface area contributed by atoms with Gasteiger partial charge in [-0.25, -0.2) is 0 Å². The molecule has 0 bridgehead atoms. The van der Waals surface area contributed by atoms with Crippen molar-refractivity contribution < 1.29 is 14.3 Å². The van der Waals surface area contributed by atoms with E-state index in [1.54, 1.807) is 0 Å². The van der Waals surface area contributed by atoms with Crippen LogP contribution in [0.15, 0.2) is 18.2 Å². The third-order valence-electron chi connectivity index (χ3n) is 6.43. The summed E-state index contributed by atoms with van der Waals surface area (Å²) in [4.78, 5) is 27.8. The molecule has 0 radical (unpaired) electrons. The van der Waals surface area contributed by atoms with Crippen LogP contribution in [-0.4, -0.2) is 44.7 Å². The predicted molar refractivity (Wildman–Crippen MR) is 126 cm³/mol. The maximum Gasteiger partial charge on any atom is 0.253 e. The van der Waals surface area contributed by atoms with Crippen LogP contribution in [0.1, 0.15) is 81.5 Å². The molecule has 1 aromatic rings. The largest absolute Gasteiger partial charge is 0.382 e. The van der Waals surface area contributed by atoms with Crippen LogP contribution in [0.3, 0.4) is 0 Å². The van der Waals surface area contributed by atoms with E-state index in [1.807, 2.05) is 25.1 Å². The monoisotopic (exact) mass is 429 g/mol. The van der Waals surface area contributed by atoms with Gasteiger partial charge in [0.15, 0.2) is 0 Å². The highest BCUT2D eigenvalue weighted by Gasteiger charge is 2.20. The first-order chi connectivity index (χ1) is 15.2.